The van der Waals surface area contributed by atoms with Crippen molar-refractivity contribution in [3.63, 3.8) is 0 Å². The number of hydrogen-bond acceptors (Lipinski definition) is 5. The molecule has 0 atom stereocenters. The number of hydrogen-bond donors (Lipinski definition) is 2. The van der Waals surface area contributed by atoms with Gasteiger partial charge in [-0.15, -0.1) is 0 Å². The SMILES string of the molecule is Fc1cnc2[nH]c3cnc(Cl)cc3c2c1.Nc1ncc(F)cc1-c1cc(Cl)ncc1Cl. The number of nitrogens with zero attached hydrogens (tertiary/aromatic N) is 4. The molecule has 0 spiro atoms. The molecule has 0 aliphatic rings. The predicted octanol–water partition coefficient (Wildman–Crippen LogP) is 6.08. The molecule has 0 unspecified atom stereocenters. The van der Waals surface area contributed by atoms with E-state index in [-0.39, 0.29) is 16.8 Å². The molecule has 3 N–H and O–H groups in total. The van der Waals surface area contributed by atoms with Gasteiger partial charge in [0.1, 0.15) is 33.4 Å². The molecule has 0 aliphatic carbocycles. The lowest BCUT2D eigenvalue weighted by molar-refractivity contribution is 0.622. The average Bonchev–Trinajstić information content (AvgIpc) is 3.09. The lowest BCUT2D eigenvalue weighted by atomic mass is 10.1. The van der Waals surface area contributed by atoms with Crippen molar-refractivity contribution < 1.29 is 8.78 Å². The first-order valence-corrected chi connectivity index (χ1v) is 9.76. The van der Waals surface area contributed by atoms with Gasteiger partial charge in [0.05, 0.1) is 29.1 Å². The molecule has 11 heteroatoms. The fourth-order valence-electron chi connectivity index (χ4n) is 2.91. The van der Waals surface area contributed by atoms with Crippen LogP contribution in [0.3, 0.4) is 0 Å². The minimum Gasteiger partial charge on any atom is -0.383 e. The molecule has 0 bridgehead atoms. The van der Waals surface area contributed by atoms with E-state index in [9.17, 15) is 8.78 Å². The number of nitrogens with two attached hydrogens (primary N) is 1. The van der Waals surface area contributed by atoms with Gasteiger partial charge in [-0.2, -0.15) is 0 Å². The van der Waals surface area contributed by atoms with E-state index < -0.39 is 5.82 Å². The Labute approximate surface area is 189 Å². The van der Waals surface area contributed by atoms with Crippen molar-refractivity contribution in [3.8, 4) is 11.1 Å². The second-order valence-corrected chi connectivity index (χ2v) is 7.48. The van der Waals surface area contributed by atoms with Crippen LogP contribution in [-0.4, -0.2) is 24.9 Å². The van der Waals surface area contributed by atoms with Crippen molar-refractivity contribution in [3.05, 3.63) is 76.0 Å². The summed E-state index contributed by atoms with van der Waals surface area (Å²) in [4.78, 5) is 18.4. The van der Waals surface area contributed by atoms with E-state index in [0.717, 1.165) is 17.1 Å². The summed E-state index contributed by atoms with van der Waals surface area (Å²) in [6, 6.07) is 5.88. The number of H-pyrrole nitrogens is 1. The van der Waals surface area contributed by atoms with Gasteiger partial charge in [0, 0.05) is 28.1 Å². The molecule has 0 amide bonds. The predicted molar refractivity (Wildman–Crippen MR) is 118 cm³/mol. The van der Waals surface area contributed by atoms with E-state index in [1.54, 1.807) is 12.3 Å². The molecule has 0 aliphatic heterocycles. The molecular weight excluding hydrogens is 469 g/mol. The summed E-state index contributed by atoms with van der Waals surface area (Å²) in [6.45, 7) is 0. The maximum Gasteiger partial charge on any atom is 0.142 e. The molecule has 156 valence electrons. The maximum absolute atomic E-state index is 13.1. The maximum atomic E-state index is 13.1. The van der Waals surface area contributed by atoms with Crippen LogP contribution in [-0.2, 0) is 0 Å². The Hall–Kier alpha value is -3.07. The van der Waals surface area contributed by atoms with Crippen molar-refractivity contribution in [1.82, 2.24) is 24.9 Å². The van der Waals surface area contributed by atoms with Crippen LogP contribution in [0.25, 0.3) is 33.1 Å². The van der Waals surface area contributed by atoms with E-state index in [4.69, 9.17) is 40.5 Å². The topological polar surface area (TPSA) is 93.4 Å². The molecule has 5 rings (SSSR count). The minimum absolute atomic E-state index is 0.186. The van der Waals surface area contributed by atoms with E-state index in [0.29, 0.717) is 32.3 Å². The fourth-order valence-corrected chi connectivity index (χ4v) is 3.43. The summed E-state index contributed by atoms with van der Waals surface area (Å²) in [5.41, 5.74) is 7.98. The quantitative estimate of drug-likeness (QED) is 0.284. The number of halogens is 5. The number of nitrogen functional groups attached to an aromatic ring is 1. The third-order valence-electron chi connectivity index (χ3n) is 4.27. The standard InChI is InChI=1S/C10H6Cl2FN3.C10H5ClFN3/c11-8-4-15-9(12)2-6(8)7-1-5(13)3-16-10(7)14;11-9-2-6-7-1-5(12)3-14-10(7)15-8(6)4-13-9/h1-4H,(H2,14,16);1-4H,(H,14,15). The van der Waals surface area contributed by atoms with Gasteiger partial charge < -0.3 is 10.7 Å². The monoisotopic (exact) mass is 478 g/mol. The number of rotatable bonds is 1. The summed E-state index contributed by atoms with van der Waals surface area (Å²) >= 11 is 17.4. The molecule has 0 saturated carbocycles. The highest BCUT2D eigenvalue weighted by molar-refractivity contribution is 6.34. The molecule has 0 fully saturated rings. The number of pyridine rings is 4. The summed E-state index contributed by atoms with van der Waals surface area (Å²) in [6.07, 6.45) is 5.20. The highest BCUT2D eigenvalue weighted by Crippen LogP contribution is 2.32. The van der Waals surface area contributed by atoms with Crippen LogP contribution >= 0.6 is 34.8 Å². The minimum atomic E-state index is -0.492. The Morgan fingerprint density at radius 2 is 1.39 bits per heavy atom. The van der Waals surface area contributed by atoms with Crippen LogP contribution < -0.4 is 5.73 Å². The zero-order chi connectivity index (χ0) is 22.1. The number of aromatic amines is 1. The zero-order valence-electron chi connectivity index (χ0n) is 15.4. The van der Waals surface area contributed by atoms with Crippen molar-refractivity contribution in [2.75, 3.05) is 5.73 Å². The molecule has 5 heterocycles. The highest BCUT2D eigenvalue weighted by atomic mass is 35.5. The first-order valence-electron chi connectivity index (χ1n) is 8.62. The molecule has 5 aromatic rings. The molecule has 0 aromatic carbocycles. The van der Waals surface area contributed by atoms with Gasteiger partial charge in [-0.05, 0) is 24.3 Å². The molecule has 0 radical (unpaired) electrons. The van der Waals surface area contributed by atoms with Crippen LogP contribution in [0.4, 0.5) is 14.6 Å². The summed E-state index contributed by atoms with van der Waals surface area (Å²) in [7, 11) is 0. The first-order chi connectivity index (χ1) is 14.8. The third kappa shape index (κ3) is 4.51. The first kappa shape index (κ1) is 21.2. The Bertz CT molecular complexity index is 1320. The second-order valence-electron chi connectivity index (χ2n) is 6.30. The van der Waals surface area contributed by atoms with Gasteiger partial charge in [-0.1, -0.05) is 34.8 Å². The Kier molecular flexibility index (Phi) is 5.86. The molecule has 6 nitrogen and oxygen atoms in total. The molecule has 31 heavy (non-hydrogen) atoms. The molecule has 0 saturated heterocycles. The number of fused-ring (bicyclic) bond motifs is 3. The number of anilines is 1. The largest absolute Gasteiger partial charge is 0.383 e. The van der Waals surface area contributed by atoms with Crippen molar-refractivity contribution in [2.24, 2.45) is 0 Å². The number of aromatic nitrogens is 5. The van der Waals surface area contributed by atoms with Gasteiger partial charge >= 0.3 is 0 Å². The second kappa shape index (κ2) is 8.58. The van der Waals surface area contributed by atoms with E-state index >= 15 is 0 Å². The zero-order valence-corrected chi connectivity index (χ0v) is 17.6. The van der Waals surface area contributed by atoms with Crippen LogP contribution in [0.1, 0.15) is 0 Å². The molecule has 5 aromatic heterocycles. The van der Waals surface area contributed by atoms with E-state index in [1.807, 2.05) is 0 Å². The van der Waals surface area contributed by atoms with Crippen LogP contribution in [0.5, 0.6) is 0 Å². The van der Waals surface area contributed by atoms with E-state index in [1.165, 1.54) is 30.6 Å². The van der Waals surface area contributed by atoms with Gasteiger partial charge in [-0.25, -0.2) is 28.7 Å². The van der Waals surface area contributed by atoms with E-state index in [2.05, 4.69) is 24.9 Å². The van der Waals surface area contributed by atoms with Gasteiger partial charge in [0.2, 0.25) is 0 Å². The van der Waals surface area contributed by atoms with Crippen molar-refractivity contribution in [1.29, 1.82) is 0 Å². The number of nitrogens with one attached hydrogen (secondary N) is 1. The van der Waals surface area contributed by atoms with Gasteiger partial charge in [0.25, 0.3) is 0 Å². The summed E-state index contributed by atoms with van der Waals surface area (Å²) in [5.74, 6) is -0.671. The fraction of sp³-hybridized carbons (Fsp3) is 0. The van der Waals surface area contributed by atoms with Crippen molar-refractivity contribution in [2.45, 2.75) is 0 Å². The summed E-state index contributed by atoms with van der Waals surface area (Å²) < 4.78 is 26.1. The normalized spacial score (nSPS) is 10.9. The Morgan fingerprint density at radius 1 is 0.710 bits per heavy atom. The lowest BCUT2D eigenvalue weighted by Gasteiger charge is -2.07. The Balaban J connectivity index is 0.000000149. The smallest absolute Gasteiger partial charge is 0.142 e. The van der Waals surface area contributed by atoms with Crippen LogP contribution in [0.15, 0.2) is 49.1 Å². The van der Waals surface area contributed by atoms with Gasteiger partial charge in [0.15, 0.2) is 0 Å². The van der Waals surface area contributed by atoms with Crippen molar-refractivity contribution >= 4 is 62.6 Å². The Morgan fingerprint density at radius 3 is 2.19 bits per heavy atom. The third-order valence-corrected chi connectivity index (χ3v) is 4.98. The van der Waals surface area contributed by atoms with Crippen LogP contribution in [0.2, 0.25) is 15.3 Å². The highest BCUT2D eigenvalue weighted by Gasteiger charge is 2.11. The molecular formula is C20H11Cl3F2N6. The average molecular weight is 480 g/mol. The summed E-state index contributed by atoms with van der Waals surface area (Å²) in [5, 5.41) is 2.52. The van der Waals surface area contributed by atoms with Gasteiger partial charge in [-0.3, -0.25) is 0 Å². The lowest BCUT2D eigenvalue weighted by Crippen LogP contribution is -1.96. The van der Waals surface area contributed by atoms with Crippen LogP contribution in [0, 0.1) is 11.6 Å².